The predicted octanol–water partition coefficient (Wildman–Crippen LogP) is 1.93. The first-order valence-electron chi connectivity index (χ1n) is 6.88. The van der Waals surface area contributed by atoms with Crippen molar-refractivity contribution in [3.63, 3.8) is 0 Å². The first kappa shape index (κ1) is 17.7. The molecule has 0 aliphatic heterocycles. The van der Waals surface area contributed by atoms with E-state index in [4.69, 9.17) is 14.6 Å². The zero-order chi connectivity index (χ0) is 17.1. The van der Waals surface area contributed by atoms with Crippen molar-refractivity contribution in [1.82, 2.24) is 5.32 Å². The van der Waals surface area contributed by atoms with Crippen molar-refractivity contribution in [2.45, 2.75) is 52.0 Å². The van der Waals surface area contributed by atoms with E-state index in [1.54, 1.807) is 13.0 Å². The molecule has 0 fully saturated rings. The van der Waals surface area contributed by atoms with Crippen LogP contribution >= 0.6 is 0 Å². The van der Waals surface area contributed by atoms with E-state index in [9.17, 15) is 14.4 Å². The maximum absolute atomic E-state index is 12.2. The Morgan fingerprint density at radius 2 is 1.86 bits per heavy atom. The highest BCUT2D eigenvalue weighted by molar-refractivity contribution is 5.97. The minimum atomic E-state index is -1.27. The number of aliphatic carboxylic acids is 2. The molecule has 0 aliphatic carbocycles. The summed E-state index contributed by atoms with van der Waals surface area (Å²) in [4.78, 5) is 33.8. The molecule has 0 unspecified atom stereocenters. The lowest BCUT2D eigenvalue weighted by molar-refractivity contribution is -0.140. The van der Waals surface area contributed by atoms with Crippen molar-refractivity contribution in [3.8, 4) is 0 Å². The highest BCUT2D eigenvalue weighted by Gasteiger charge is 2.26. The molecule has 3 N–H and O–H groups in total. The summed E-state index contributed by atoms with van der Waals surface area (Å²) in [6, 6.07) is 0.330. The van der Waals surface area contributed by atoms with Crippen molar-refractivity contribution in [1.29, 1.82) is 0 Å². The largest absolute Gasteiger partial charge is 0.481 e. The Morgan fingerprint density at radius 1 is 1.27 bits per heavy atom. The van der Waals surface area contributed by atoms with Crippen LogP contribution in [0, 0.1) is 6.92 Å². The van der Waals surface area contributed by atoms with Gasteiger partial charge in [0.15, 0.2) is 0 Å². The number of carboxylic acid groups (broad SMARTS) is 2. The van der Waals surface area contributed by atoms with Crippen LogP contribution in [0.5, 0.6) is 0 Å². The van der Waals surface area contributed by atoms with Crippen molar-refractivity contribution in [2.75, 3.05) is 0 Å². The van der Waals surface area contributed by atoms with E-state index in [0.717, 1.165) is 0 Å². The Balaban J connectivity index is 2.88. The zero-order valence-corrected chi connectivity index (χ0v) is 13.1. The number of carboxylic acids is 2. The van der Waals surface area contributed by atoms with E-state index in [-0.39, 0.29) is 23.8 Å². The summed E-state index contributed by atoms with van der Waals surface area (Å²) in [5, 5.41) is 20.0. The first-order chi connectivity index (χ1) is 10.0. The van der Waals surface area contributed by atoms with Gasteiger partial charge in [0.25, 0.3) is 5.91 Å². The molecule has 0 spiro atoms. The Kier molecular flexibility index (Phi) is 5.35. The van der Waals surface area contributed by atoms with Gasteiger partial charge in [-0.15, -0.1) is 0 Å². The highest BCUT2D eigenvalue weighted by Crippen LogP contribution is 2.27. The predicted molar refractivity (Wildman–Crippen MR) is 77.9 cm³/mol. The lowest BCUT2D eigenvalue weighted by Crippen LogP contribution is -2.41. The maximum atomic E-state index is 12.2. The van der Waals surface area contributed by atoms with Gasteiger partial charge in [-0.05, 0) is 19.4 Å². The average molecular weight is 311 g/mol. The van der Waals surface area contributed by atoms with E-state index < -0.39 is 23.9 Å². The van der Waals surface area contributed by atoms with Crippen LogP contribution in [0.1, 0.15) is 55.5 Å². The minimum Gasteiger partial charge on any atom is -0.481 e. The average Bonchev–Trinajstić information content (AvgIpc) is 2.75. The number of rotatable bonds is 6. The fourth-order valence-corrected chi connectivity index (χ4v) is 1.84. The molecule has 7 heteroatoms. The minimum absolute atomic E-state index is 0.181. The molecule has 122 valence electrons. The number of amides is 1. The van der Waals surface area contributed by atoms with Crippen LogP contribution < -0.4 is 5.32 Å². The molecule has 1 aromatic heterocycles. The number of hydrogen-bond acceptors (Lipinski definition) is 4. The lowest BCUT2D eigenvalue weighted by atomic mass is 9.93. The lowest BCUT2D eigenvalue weighted by Gasteiger charge is -2.14. The Bertz CT molecular complexity index is 581. The Labute approximate surface area is 128 Å². The molecular formula is C15H21NO6. The number of nitrogens with one attached hydrogen (secondary N) is 1. The summed E-state index contributed by atoms with van der Waals surface area (Å²) < 4.78 is 5.54. The van der Waals surface area contributed by atoms with E-state index in [2.05, 4.69) is 5.32 Å². The van der Waals surface area contributed by atoms with E-state index in [0.29, 0.717) is 11.5 Å². The van der Waals surface area contributed by atoms with Gasteiger partial charge in [0.2, 0.25) is 0 Å². The van der Waals surface area contributed by atoms with Gasteiger partial charge in [0.05, 0.1) is 5.56 Å². The summed E-state index contributed by atoms with van der Waals surface area (Å²) in [7, 11) is 0. The van der Waals surface area contributed by atoms with Gasteiger partial charge in [-0.1, -0.05) is 20.8 Å². The molecule has 0 aromatic carbocycles. The van der Waals surface area contributed by atoms with E-state index in [1.165, 1.54) is 0 Å². The third-order valence-electron chi connectivity index (χ3n) is 3.15. The van der Waals surface area contributed by atoms with Crippen LogP contribution in [0.2, 0.25) is 0 Å². The highest BCUT2D eigenvalue weighted by atomic mass is 16.4. The summed E-state index contributed by atoms with van der Waals surface area (Å²) in [5.41, 5.74) is -0.0230. The summed E-state index contributed by atoms with van der Waals surface area (Å²) in [6.07, 6.45) is -0.520. The smallest absolute Gasteiger partial charge is 0.326 e. The standard InChI is InChI=1S/C15H21NO6/c1-8-9(7-11(22-8)15(2,3)4)13(19)16-10(14(20)21)5-6-12(17)18/h7,10H,5-6H2,1-4H3,(H,16,19)(H,17,18)(H,20,21)/t10-/m0/s1. The fourth-order valence-electron chi connectivity index (χ4n) is 1.84. The molecule has 1 heterocycles. The van der Waals surface area contributed by atoms with Crippen LogP contribution in [-0.2, 0) is 15.0 Å². The van der Waals surface area contributed by atoms with Crippen LogP contribution in [0.3, 0.4) is 0 Å². The molecule has 0 aliphatic rings. The Hall–Kier alpha value is -2.31. The van der Waals surface area contributed by atoms with Crippen LogP contribution in [-0.4, -0.2) is 34.1 Å². The SMILES string of the molecule is Cc1oc(C(C)(C)C)cc1C(=O)N[C@@H](CCC(=O)O)C(=O)O. The Morgan fingerprint density at radius 3 is 2.27 bits per heavy atom. The third-order valence-corrected chi connectivity index (χ3v) is 3.15. The number of carbonyl (C=O) groups is 3. The van der Waals surface area contributed by atoms with Gasteiger partial charge in [0.1, 0.15) is 17.6 Å². The molecule has 0 saturated heterocycles. The maximum Gasteiger partial charge on any atom is 0.326 e. The van der Waals surface area contributed by atoms with E-state index >= 15 is 0 Å². The van der Waals surface area contributed by atoms with Crippen molar-refractivity contribution < 1.29 is 29.0 Å². The van der Waals surface area contributed by atoms with Gasteiger partial charge >= 0.3 is 11.9 Å². The van der Waals surface area contributed by atoms with Crippen LogP contribution in [0.4, 0.5) is 0 Å². The molecule has 0 saturated carbocycles. The van der Waals surface area contributed by atoms with Crippen LogP contribution in [0.25, 0.3) is 0 Å². The summed E-state index contributed by atoms with van der Waals surface area (Å²) in [5.74, 6) is -1.96. The van der Waals surface area contributed by atoms with E-state index in [1.807, 2.05) is 20.8 Å². The second kappa shape index (κ2) is 6.64. The topological polar surface area (TPSA) is 117 Å². The molecule has 1 rings (SSSR count). The molecule has 1 amide bonds. The van der Waals surface area contributed by atoms with Crippen molar-refractivity contribution >= 4 is 17.8 Å². The van der Waals surface area contributed by atoms with Gasteiger partial charge in [-0.3, -0.25) is 9.59 Å². The number of hydrogen-bond donors (Lipinski definition) is 3. The van der Waals surface area contributed by atoms with Crippen molar-refractivity contribution in [3.05, 3.63) is 23.2 Å². The molecule has 0 bridgehead atoms. The van der Waals surface area contributed by atoms with Crippen LogP contribution in [0.15, 0.2) is 10.5 Å². The third kappa shape index (κ3) is 4.61. The quantitative estimate of drug-likeness (QED) is 0.739. The second-order valence-electron chi connectivity index (χ2n) is 6.13. The first-order valence-corrected chi connectivity index (χ1v) is 6.88. The van der Waals surface area contributed by atoms with Gasteiger partial charge in [0, 0.05) is 11.8 Å². The molecule has 0 radical (unpaired) electrons. The molecular weight excluding hydrogens is 290 g/mol. The number of carbonyl (C=O) groups excluding carboxylic acids is 1. The van der Waals surface area contributed by atoms with Gasteiger partial charge in [-0.2, -0.15) is 0 Å². The summed E-state index contributed by atoms with van der Waals surface area (Å²) >= 11 is 0. The number of furan rings is 1. The molecule has 1 aromatic rings. The van der Waals surface area contributed by atoms with Gasteiger partial charge < -0.3 is 19.9 Å². The second-order valence-corrected chi connectivity index (χ2v) is 6.13. The summed E-state index contributed by atoms with van der Waals surface area (Å²) in [6.45, 7) is 7.41. The number of aryl methyl sites for hydroxylation is 1. The normalized spacial score (nSPS) is 12.7. The molecule has 22 heavy (non-hydrogen) atoms. The van der Waals surface area contributed by atoms with Crippen molar-refractivity contribution in [2.24, 2.45) is 0 Å². The monoisotopic (exact) mass is 311 g/mol. The zero-order valence-electron chi connectivity index (χ0n) is 13.1. The fraction of sp³-hybridized carbons (Fsp3) is 0.533. The molecule has 7 nitrogen and oxygen atoms in total. The van der Waals surface area contributed by atoms with Gasteiger partial charge in [-0.25, -0.2) is 4.79 Å². The molecule has 1 atom stereocenters.